The van der Waals surface area contributed by atoms with Crippen molar-refractivity contribution in [2.24, 2.45) is 11.8 Å². The molecule has 120 valence electrons. The molecule has 0 aromatic carbocycles. The third-order valence-corrected chi connectivity index (χ3v) is 6.30. The lowest BCUT2D eigenvalue weighted by atomic mass is 9.80. The van der Waals surface area contributed by atoms with E-state index in [-0.39, 0.29) is 17.5 Å². The molecule has 0 spiro atoms. The van der Waals surface area contributed by atoms with Gasteiger partial charge in [-0.05, 0) is 56.6 Å². The molecular formula is C15H27N3O2S. The third kappa shape index (κ3) is 3.92. The van der Waals surface area contributed by atoms with Gasteiger partial charge in [-0.15, -0.1) is 0 Å². The van der Waals surface area contributed by atoms with E-state index in [0.29, 0.717) is 5.92 Å². The van der Waals surface area contributed by atoms with E-state index in [1.807, 2.05) is 25.9 Å². The lowest BCUT2D eigenvalue weighted by Crippen LogP contribution is -2.58. The van der Waals surface area contributed by atoms with Crippen molar-refractivity contribution >= 4 is 24.1 Å². The third-order valence-electron chi connectivity index (χ3n) is 5.07. The van der Waals surface area contributed by atoms with Crippen LogP contribution in [0.2, 0.25) is 0 Å². The van der Waals surface area contributed by atoms with E-state index in [1.165, 1.54) is 17.9 Å². The van der Waals surface area contributed by atoms with E-state index < -0.39 is 0 Å². The van der Waals surface area contributed by atoms with Gasteiger partial charge in [0.1, 0.15) is 0 Å². The molecule has 1 saturated heterocycles. The number of carbonyl (C=O) groups is 2. The standard InChI is InChI=1S/C15H27N3O2S/c1-16-15(18(2)11-19)6-3-13(4-7-15)14(20)17-9-12-5-8-21-10-12/h11-13,16H,3-10H2,1-2H3,(H,17,20). The maximum atomic E-state index is 12.3. The fourth-order valence-electron chi connectivity index (χ4n) is 3.37. The molecule has 0 aromatic heterocycles. The molecule has 2 N–H and O–H groups in total. The molecule has 0 aromatic rings. The molecule has 2 amide bonds. The smallest absolute Gasteiger partial charge is 0.223 e. The average molecular weight is 313 g/mol. The number of hydrogen-bond donors (Lipinski definition) is 2. The van der Waals surface area contributed by atoms with Crippen LogP contribution in [-0.2, 0) is 9.59 Å². The van der Waals surface area contributed by atoms with E-state index in [2.05, 4.69) is 10.6 Å². The Labute approximate surface area is 131 Å². The van der Waals surface area contributed by atoms with Crippen molar-refractivity contribution in [3.8, 4) is 0 Å². The van der Waals surface area contributed by atoms with Crippen LogP contribution in [0.3, 0.4) is 0 Å². The van der Waals surface area contributed by atoms with Crippen molar-refractivity contribution in [2.45, 2.75) is 37.8 Å². The van der Waals surface area contributed by atoms with Gasteiger partial charge in [0, 0.05) is 19.5 Å². The lowest BCUT2D eigenvalue weighted by Gasteiger charge is -2.44. The quantitative estimate of drug-likeness (QED) is 0.568. The highest BCUT2D eigenvalue weighted by Crippen LogP contribution is 2.33. The summed E-state index contributed by atoms with van der Waals surface area (Å²) < 4.78 is 0. The van der Waals surface area contributed by atoms with Gasteiger partial charge in [-0.1, -0.05) is 0 Å². The fraction of sp³-hybridized carbons (Fsp3) is 0.867. The van der Waals surface area contributed by atoms with Crippen molar-refractivity contribution in [1.29, 1.82) is 0 Å². The number of rotatable bonds is 6. The fourth-order valence-corrected chi connectivity index (χ4v) is 4.66. The first-order chi connectivity index (χ1) is 10.1. The molecule has 1 atom stereocenters. The van der Waals surface area contributed by atoms with Gasteiger partial charge >= 0.3 is 0 Å². The second kappa shape index (κ2) is 7.49. The second-order valence-electron chi connectivity index (χ2n) is 6.25. The highest BCUT2D eigenvalue weighted by atomic mass is 32.2. The average Bonchev–Trinajstić information content (AvgIpc) is 3.05. The van der Waals surface area contributed by atoms with E-state index in [0.717, 1.165) is 38.6 Å². The van der Waals surface area contributed by atoms with Crippen LogP contribution in [0.15, 0.2) is 0 Å². The van der Waals surface area contributed by atoms with Crippen molar-refractivity contribution in [2.75, 3.05) is 32.1 Å². The van der Waals surface area contributed by atoms with Crippen LogP contribution in [0.5, 0.6) is 0 Å². The minimum atomic E-state index is -0.277. The first kappa shape index (κ1) is 16.6. The highest BCUT2D eigenvalue weighted by Gasteiger charge is 2.39. The largest absolute Gasteiger partial charge is 0.356 e. The summed E-state index contributed by atoms with van der Waals surface area (Å²) in [5.74, 6) is 3.36. The van der Waals surface area contributed by atoms with Gasteiger partial charge in [0.25, 0.3) is 0 Å². The normalized spacial score (nSPS) is 32.7. The van der Waals surface area contributed by atoms with Gasteiger partial charge < -0.3 is 10.2 Å². The molecule has 0 radical (unpaired) electrons. The maximum Gasteiger partial charge on any atom is 0.223 e. The highest BCUT2D eigenvalue weighted by molar-refractivity contribution is 7.99. The molecule has 21 heavy (non-hydrogen) atoms. The van der Waals surface area contributed by atoms with Gasteiger partial charge in [-0.3, -0.25) is 14.9 Å². The van der Waals surface area contributed by atoms with Crippen LogP contribution in [0.25, 0.3) is 0 Å². The molecule has 1 unspecified atom stereocenters. The van der Waals surface area contributed by atoms with Gasteiger partial charge in [-0.25, -0.2) is 0 Å². The molecule has 0 bridgehead atoms. The zero-order valence-corrected chi connectivity index (χ0v) is 13.9. The van der Waals surface area contributed by atoms with Gasteiger partial charge in [0.15, 0.2) is 0 Å². The topological polar surface area (TPSA) is 61.4 Å². The first-order valence-corrected chi connectivity index (χ1v) is 8.99. The van der Waals surface area contributed by atoms with E-state index in [9.17, 15) is 9.59 Å². The Kier molecular flexibility index (Phi) is 5.93. The Morgan fingerprint density at radius 2 is 2.10 bits per heavy atom. The Hall–Kier alpha value is -0.750. The van der Waals surface area contributed by atoms with E-state index >= 15 is 0 Å². The Morgan fingerprint density at radius 1 is 1.38 bits per heavy atom. The molecule has 5 nitrogen and oxygen atoms in total. The molecule has 2 aliphatic rings. The van der Waals surface area contributed by atoms with E-state index in [1.54, 1.807) is 4.90 Å². The number of thioether (sulfide) groups is 1. The summed E-state index contributed by atoms with van der Waals surface area (Å²) in [5.41, 5.74) is -0.277. The summed E-state index contributed by atoms with van der Waals surface area (Å²) >= 11 is 1.98. The number of hydrogen-bond acceptors (Lipinski definition) is 4. The van der Waals surface area contributed by atoms with Crippen LogP contribution in [0.1, 0.15) is 32.1 Å². The molecular weight excluding hydrogens is 286 g/mol. The zero-order valence-electron chi connectivity index (χ0n) is 13.1. The number of amides is 2. The summed E-state index contributed by atoms with van der Waals surface area (Å²) in [6.07, 6.45) is 5.43. The van der Waals surface area contributed by atoms with E-state index in [4.69, 9.17) is 0 Å². The lowest BCUT2D eigenvalue weighted by molar-refractivity contribution is -0.129. The SMILES string of the molecule is CNC1(N(C)C=O)CCC(C(=O)NCC2CCSC2)CC1. The minimum absolute atomic E-state index is 0.0978. The van der Waals surface area contributed by atoms with Crippen LogP contribution in [-0.4, -0.2) is 55.0 Å². The molecule has 1 aliphatic carbocycles. The molecule has 2 rings (SSSR count). The predicted octanol–water partition coefficient (Wildman–Crippen LogP) is 1.05. The molecule has 1 aliphatic heterocycles. The molecule has 1 saturated carbocycles. The van der Waals surface area contributed by atoms with Crippen molar-refractivity contribution in [3.05, 3.63) is 0 Å². The Bertz CT molecular complexity index is 364. The Morgan fingerprint density at radius 3 is 2.62 bits per heavy atom. The summed E-state index contributed by atoms with van der Waals surface area (Å²) in [6, 6.07) is 0. The maximum absolute atomic E-state index is 12.3. The number of carbonyl (C=O) groups excluding carboxylic acids is 2. The molecule has 6 heteroatoms. The molecule has 2 fully saturated rings. The number of nitrogens with one attached hydrogen (secondary N) is 2. The minimum Gasteiger partial charge on any atom is -0.356 e. The summed E-state index contributed by atoms with van der Waals surface area (Å²) in [6.45, 7) is 0.827. The summed E-state index contributed by atoms with van der Waals surface area (Å²) in [7, 11) is 3.69. The monoisotopic (exact) mass is 313 g/mol. The summed E-state index contributed by atoms with van der Waals surface area (Å²) in [5, 5.41) is 6.39. The number of nitrogens with zero attached hydrogens (tertiary/aromatic N) is 1. The van der Waals surface area contributed by atoms with Gasteiger partial charge in [0.2, 0.25) is 12.3 Å². The first-order valence-electron chi connectivity index (χ1n) is 7.84. The van der Waals surface area contributed by atoms with Crippen molar-refractivity contribution in [3.63, 3.8) is 0 Å². The summed E-state index contributed by atoms with van der Waals surface area (Å²) in [4.78, 5) is 25.0. The molecule has 1 heterocycles. The van der Waals surface area contributed by atoms with Crippen molar-refractivity contribution in [1.82, 2.24) is 15.5 Å². The second-order valence-corrected chi connectivity index (χ2v) is 7.40. The Balaban J connectivity index is 1.79. The van der Waals surface area contributed by atoms with Gasteiger partial charge in [0.05, 0.1) is 5.66 Å². The van der Waals surface area contributed by atoms with Crippen LogP contribution in [0.4, 0.5) is 0 Å². The van der Waals surface area contributed by atoms with Crippen molar-refractivity contribution < 1.29 is 9.59 Å². The van der Waals surface area contributed by atoms with Crippen LogP contribution >= 0.6 is 11.8 Å². The van der Waals surface area contributed by atoms with Gasteiger partial charge in [-0.2, -0.15) is 11.8 Å². The van der Waals surface area contributed by atoms with Crippen LogP contribution in [0, 0.1) is 11.8 Å². The zero-order chi connectivity index (χ0) is 15.3. The van der Waals surface area contributed by atoms with Crippen LogP contribution < -0.4 is 10.6 Å². The predicted molar refractivity (Wildman–Crippen MR) is 86.0 cm³/mol.